The van der Waals surface area contributed by atoms with Gasteiger partial charge in [0.05, 0.1) is 5.57 Å². The van der Waals surface area contributed by atoms with Crippen molar-refractivity contribution in [1.29, 1.82) is 0 Å². The van der Waals surface area contributed by atoms with E-state index in [0.29, 0.717) is 6.92 Å². The fourth-order valence-corrected chi connectivity index (χ4v) is 0.195. The van der Waals surface area contributed by atoms with Crippen molar-refractivity contribution < 1.29 is 17.6 Å². The minimum absolute atomic E-state index is 0.704. The lowest BCUT2D eigenvalue weighted by Crippen LogP contribution is -2.09. The molecule has 0 saturated carbocycles. The molecule has 0 radical (unpaired) electrons. The van der Waals surface area contributed by atoms with Crippen molar-refractivity contribution in [2.24, 2.45) is 0 Å². The molecule has 9 heavy (non-hydrogen) atoms. The van der Waals surface area contributed by atoms with Crippen LogP contribution >= 0.6 is 0 Å². The smallest absolute Gasteiger partial charge is 0.212 e. The Hall–Kier alpha value is -0.540. The van der Waals surface area contributed by atoms with Gasteiger partial charge >= 0.3 is 6.18 Å². The van der Waals surface area contributed by atoms with E-state index in [1.54, 1.807) is 0 Å². The zero-order chi connectivity index (χ0) is 7.65. The van der Waals surface area contributed by atoms with Gasteiger partial charge in [-0.1, -0.05) is 0 Å². The van der Waals surface area contributed by atoms with E-state index in [4.69, 9.17) is 0 Å². The first kappa shape index (κ1) is 8.46. The highest BCUT2D eigenvalue weighted by molar-refractivity contribution is 5.08. The van der Waals surface area contributed by atoms with Gasteiger partial charge in [0.15, 0.2) is 0 Å². The van der Waals surface area contributed by atoms with Gasteiger partial charge in [-0.25, -0.2) is 4.39 Å². The summed E-state index contributed by atoms with van der Waals surface area (Å²) < 4.78 is 46.0. The van der Waals surface area contributed by atoms with Crippen LogP contribution in [-0.4, -0.2) is 6.18 Å². The third kappa shape index (κ3) is 2.49. The largest absolute Gasteiger partial charge is 0.414 e. The summed E-state index contributed by atoms with van der Waals surface area (Å²) in [5.74, 6) is -1.18. The molecule has 0 spiro atoms. The number of hydrogen-bond donors (Lipinski definition) is 0. The molecule has 0 atom stereocenters. The summed E-state index contributed by atoms with van der Waals surface area (Å²) >= 11 is 0. The van der Waals surface area contributed by atoms with E-state index >= 15 is 0 Å². The second-order valence-corrected chi connectivity index (χ2v) is 1.66. The molecule has 0 aromatic rings. The Balaban J connectivity index is 4.40. The van der Waals surface area contributed by atoms with Crippen molar-refractivity contribution in [2.75, 3.05) is 0 Å². The first-order chi connectivity index (χ1) is 3.85. The fraction of sp³-hybridized carbons (Fsp3) is 0.600. The van der Waals surface area contributed by atoms with Crippen molar-refractivity contribution in [2.45, 2.75) is 20.0 Å². The summed E-state index contributed by atoms with van der Waals surface area (Å²) in [6, 6.07) is 0. The summed E-state index contributed by atoms with van der Waals surface area (Å²) in [5, 5.41) is 0. The highest BCUT2D eigenvalue weighted by atomic mass is 19.4. The predicted octanol–water partition coefficient (Wildman–Crippen LogP) is 2.81. The van der Waals surface area contributed by atoms with Gasteiger partial charge in [-0.2, -0.15) is 13.2 Å². The summed E-state index contributed by atoms with van der Waals surface area (Å²) in [7, 11) is 0. The number of halogens is 4. The second kappa shape index (κ2) is 2.37. The van der Waals surface area contributed by atoms with Crippen LogP contribution in [0.15, 0.2) is 11.4 Å². The van der Waals surface area contributed by atoms with Gasteiger partial charge in [0, 0.05) is 0 Å². The summed E-state index contributed by atoms with van der Waals surface area (Å²) in [6.07, 6.45) is -4.52. The molecular weight excluding hydrogens is 136 g/mol. The predicted molar refractivity (Wildman–Crippen MR) is 25.5 cm³/mol. The van der Waals surface area contributed by atoms with Crippen LogP contribution in [0.5, 0.6) is 0 Å². The Morgan fingerprint density at radius 1 is 1.11 bits per heavy atom. The lowest BCUT2D eigenvalue weighted by Gasteiger charge is -2.04. The zero-order valence-electron chi connectivity index (χ0n) is 5.01. The Labute approximate surface area is 50.2 Å². The van der Waals surface area contributed by atoms with Crippen LogP contribution in [0.4, 0.5) is 17.6 Å². The van der Waals surface area contributed by atoms with Crippen LogP contribution in [0.2, 0.25) is 0 Å². The third-order valence-corrected chi connectivity index (χ3v) is 0.942. The van der Waals surface area contributed by atoms with E-state index in [1.807, 2.05) is 0 Å². The summed E-state index contributed by atoms with van der Waals surface area (Å²) in [4.78, 5) is 0. The molecule has 0 amide bonds. The summed E-state index contributed by atoms with van der Waals surface area (Å²) in [6.45, 7) is 1.48. The molecule has 0 heterocycles. The number of allylic oxidation sites excluding steroid dienone is 2. The van der Waals surface area contributed by atoms with Gasteiger partial charge in [-0.3, -0.25) is 0 Å². The molecule has 0 aliphatic rings. The second-order valence-electron chi connectivity index (χ2n) is 1.66. The Morgan fingerprint density at radius 2 is 1.44 bits per heavy atom. The molecule has 54 valence electrons. The van der Waals surface area contributed by atoms with E-state index in [2.05, 4.69) is 0 Å². The topological polar surface area (TPSA) is 0 Å². The Morgan fingerprint density at radius 3 is 1.44 bits per heavy atom. The maximum atomic E-state index is 11.8. The molecule has 0 bridgehead atoms. The van der Waals surface area contributed by atoms with Crippen molar-refractivity contribution in [3.8, 4) is 0 Å². The van der Waals surface area contributed by atoms with Gasteiger partial charge in [0.25, 0.3) is 0 Å². The van der Waals surface area contributed by atoms with Crippen LogP contribution < -0.4 is 0 Å². The maximum Gasteiger partial charge on any atom is 0.414 e. The number of rotatable bonds is 0. The number of hydrogen-bond acceptors (Lipinski definition) is 0. The minimum atomic E-state index is -4.52. The van der Waals surface area contributed by atoms with Gasteiger partial charge in [-0.15, -0.1) is 0 Å². The van der Waals surface area contributed by atoms with Crippen molar-refractivity contribution in [1.82, 2.24) is 0 Å². The third-order valence-electron chi connectivity index (χ3n) is 0.942. The molecule has 0 rings (SSSR count). The average Bonchev–Trinajstić information content (AvgIpc) is 1.62. The van der Waals surface area contributed by atoms with Crippen LogP contribution in [0.3, 0.4) is 0 Å². The molecule has 0 unspecified atom stereocenters. The Kier molecular flexibility index (Phi) is 2.23. The standard InChI is InChI=1S/C5H6F4/c1-3(4(2)6)5(7,8)9/h1-2H3. The van der Waals surface area contributed by atoms with Crippen LogP contribution in [0, 0.1) is 0 Å². The molecule has 0 nitrogen and oxygen atoms in total. The molecular formula is C5H6F4. The normalized spacial score (nSPS) is 15.3. The van der Waals surface area contributed by atoms with Crippen molar-refractivity contribution in [3.63, 3.8) is 0 Å². The van der Waals surface area contributed by atoms with Crippen LogP contribution in [0.25, 0.3) is 0 Å². The molecule has 0 aromatic heterocycles. The molecule has 4 heteroatoms. The first-order valence-electron chi connectivity index (χ1n) is 2.26. The SMILES string of the molecule is CC(F)=C(C)C(F)(F)F. The van der Waals surface area contributed by atoms with E-state index in [-0.39, 0.29) is 0 Å². The first-order valence-corrected chi connectivity index (χ1v) is 2.26. The van der Waals surface area contributed by atoms with Crippen LogP contribution in [-0.2, 0) is 0 Å². The van der Waals surface area contributed by atoms with Crippen LogP contribution in [0.1, 0.15) is 13.8 Å². The molecule has 0 saturated heterocycles. The highest BCUT2D eigenvalue weighted by Crippen LogP contribution is 2.27. The molecule has 0 aliphatic carbocycles. The van der Waals surface area contributed by atoms with Crippen molar-refractivity contribution in [3.05, 3.63) is 11.4 Å². The lowest BCUT2D eigenvalue weighted by atomic mass is 10.3. The maximum absolute atomic E-state index is 11.8. The van der Waals surface area contributed by atoms with Gasteiger partial charge in [0.1, 0.15) is 5.83 Å². The van der Waals surface area contributed by atoms with E-state index in [0.717, 1.165) is 6.92 Å². The molecule has 0 fully saturated rings. The zero-order valence-corrected chi connectivity index (χ0v) is 5.01. The van der Waals surface area contributed by atoms with E-state index in [1.165, 1.54) is 0 Å². The summed E-state index contributed by atoms with van der Waals surface area (Å²) in [5.41, 5.74) is -1.16. The lowest BCUT2D eigenvalue weighted by molar-refractivity contribution is -0.0931. The Bertz CT molecular complexity index is 126. The van der Waals surface area contributed by atoms with Gasteiger partial charge in [0.2, 0.25) is 0 Å². The average molecular weight is 142 g/mol. The van der Waals surface area contributed by atoms with Gasteiger partial charge < -0.3 is 0 Å². The molecule has 0 aromatic carbocycles. The molecule has 0 N–H and O–H groups in total. The van der Waals surface area contributed by atoms with Crippen molar-refractivity contribution >= 4 is 0 Å². The fourth-order valence-electron chi connectivity index (χ4n) is 0.195. The van der Waals surface area contributed by atoms with E-state index in [9.17, 15) is 17.6 Å². The quantitative estimate of drug-likeness (QED) is 0.456. The molecule has 0 aliphatic heterocycles. The highest BCUT2D eigenvalue weighted by Gasteiger charge is 2.31. The number of alkyl halides is 3. The minimum Gasteiger partial charge on any atom is -0.212 e. The monoisotopic (exact) mass is 142 g/mol. The van der Waals surface area contributed by atoms with Gasteiger partial charge in [-0.05, 0) is 13.8 Å². The van der Waals surface area contributed by atoms with E-state index < -0.39 is 17.6 Å².